The molecule has 1 aliphatic heterocycles. The van der Waals surface area contributed by atoms with E-state index in [1.54, 1.807) is 6.92 Å². The fourth-order valence-electron chi connectivity index (χ4n) is 1.71. The van der Waals surface area contributed by atoms with Crippen LogP contribution >= 0.6 is 11.6 Å². The second kappa shape index (κ2) is 5.96. The number of carbonyl (C=O) groups is 1. The molecule has 1 amide bonds. The molecule has 0 saturated carbocycles. The molecule has 1 aromatic carbocycles. The molecule has 18 heavy (non-hydrogen) atoms. The van der Waals surface area contributed by atoms with Crippen LogP contribution in [0.2, 0.25) is 0 Å². The van der Waals surface area contributed by atoms with Gasteiger partial charge >= 0.3 is 0 Å². The van der Waals surface area contributed by atoms with Gasteiger partial charge in [0, 0.05) is 6.54 Å². The van der Waals surface area contributed by atoms with Gasteiger partial charge in [-0.15, -0.1) is 11.6 Å². The number of nitrogens with one attached hydrogen (secondary N) is 1. The van der Waals surface area contributed by atoms with E-state index in [-0.39, 0.29) is 5.91 Å². The average Bonchev–Trinajstić information content (AvgIpc) is 2.38. The quantitative estimate of drug-likeness (QED) is 0.847. The van der Waals surface area contributed by atoms with Crippen LogP contribution in [0.25, 0.3) is 0 Å². The topological polar surface area (TPSA) is 47.6 Å². The molecule has 0 spiro atoms. The number of benzene rings is 1. The number of hydrogen-bond acceptors (Lipinski definition) is 3. The van der Waals surface area contributed by atoms with Gasteiger partial charge in [0.05, 0.1) is 0 Å². The van der Waals surface area contributed by atoms with Crippen LogP contribution in [0.3, 0.4) is 0 Å². The fourth-order valence-corrected chi connectivity index (χ4v) is 1.79. The van der Waals surface area contributed by atoms with Crippen molar-refractivity contribution in [2.75, 3.05) is 19.8 Å². The smallest absolute Gasteiger partial charge is 0.237 e. The Morgan fingerprint density at radius 1 is 1.39 bits per heavy atom. The van der Waals surface area contributed by atoms with Gasteiger partial charge in [0.1, 0.15) is 18.6 Å². The summed E-state index contributed by atoms with van der Waals surface area (Å²) in [6, 6.07) is 5.82. The number of carbonyl (C=O) groups excluding carboxylic acids is 1. The first kappa shape index (κ1) is 13.0. The molecule has 2 rings (SSSR count). The van der Waals surface area contributed by atoms with Crippen molar-refractivity contribution in [2.24, 2.45) is 0 Å². The fraction of sp³-hybridized carbons (Fsp3) is 0.462. The molecule has 0 fully saturated rings. The highest BCUT2D eigenvalue weighted by molar-refractivity contribution is 6.30. The largest absolute Gasteiger partial charge is 0.486 e. The minimum atomic E-state index is -0.495. The van der Waals surface area contributed by atoms with Gasteiger partial charge < -0.3 is 14.8 Å². The molecule has 0 bridgehead atoms. The van der Waals surface area contributed by atoms with E-state index in [0.717, 1.165) is 23.5 Å². The van der Waals surface area contributed by atoms with Crippen LogP contribution in [0.15, 0.2) is 18.2 Å². The summed E-state index contributed by atoms with van der Waals surface area (Å²) < 4.78 is 10.9. The van der Waals surface area contributed by atoms with Crippen molar-refractivity contribution < 1.29 is 14.3 Å². The second-order valence-electron chi connectivity index (χ2n) is 4.14. The van der Waals surface area contributed by atoms with E-state index in [0.29, 0.717) is 19.8 Å². The van der Waals surface area contributed by atoms with Crippen molar-refractivity contribution in [3.63, 3.8) is 0 Å². The third-order valence-corrected chi connectivity index (χ3v) is 2.88. The van der Waals surface area contributed by atoms with Gasteiger partial charge in [-0.3, -0.25) is 4.79 Å². The van der Waals surface area contributed by atoms with Crippen molar-refractivity contribution in [1.82, 2.24) is 5.32 Å². The third-order valence-electron chi connectivity index (χ3n) is 2.68. The maximum absolute atomic E-state index is 11.3. The number of rotatable bonds is 4. The molecule has 1 atom stereocenters. The lowest BCUT2D eigenvalue weighted by atomic mass is 10.1. The van der Waals surface area contributed by atoms with Crippen molar-refractivity contribution in [3.8, 4) is 11.5 Å². The molecule has 4 nitrogen and oxygen atoms in total. The Labute approximate surface area is 111 Å². The molecule has 1 N–H and O–H groups in total. The third kappa shape index (κ3) is 3.29. The molecular weight excluding hydrogens is 254 g/mol. The molecule has 1 aliphatic rings. The molecule has 0 saturated heterocycles. The molecule has 1 aromatic rings. The van der Waals surface area contributed by atoms with Gasteiger partial charge in [0.2, 0.25) is 5.91 Å². The summed E-state index contributed by atoms with van der Waals surface area (Å²) in [5.41, 5.74) is 1.10. The SMILES string of the molecule is C[C@@H](Cl)C(=O)NCCc1ccc2c(c1)OCCO2. The highest BCUT2D eigenvalue weighted by atomic mass is 35.5. The lowest BCUT2D eigenvalue weighted by Crippen LogP contribution is -2.31. The van der Waals surface area contributed by atoms with Crippen LogP contribution < -0.4 is 14.8 Å². The predicted molar refractivity (Wildman–Crippen MR) is 69.5 cm³/mol. The van der Waals surface area contributed by atoms with Crippen molar-refractivity contribution in [1.29, 1.82) is 0 Å². The van der Waals surface area contributed by atoms with E-state index in [4.69, 9.17) is 21.1 Å². The van der Waals surface area contributed by atoms with E-state index in [2.05, 4.69) is 5.32 Å². The van der Waals surface area contributed by atoms with Gasteiger partial charge in [-0.1, -0.05) is 6.07 Å². The average molecular weight is 270 g/mol. The molecule has 5 heteroatoms. The van der Waals surface area contributed by atoms with E-state index >= 15 is 0 Å². The lowest BCUT2D eigenvalue weighted by molar-refractivity contribution is -0.120. The predicted octanol–water partition coefficient (Wildman–Crippen LogP) is 1.74. The molecule has 0 aromatic heterocycles. The van der Waals surface area contributed by atoms with Crippen molar-refractivity contribution in [2.45, 2.75) is 18.7 Å². The van der Waals surface area contributed by atoms with Crippen LogP contribution in [-0.4, -0.2) is 31.0 Å². The maximum atomic E-state index is 11.3. The van der Waals surface area contributed by atoms with E-state index in [1.807, 2.05) is 18.2 Å². The second-order valence-corrected chi connectivity index (χ2v) is 4.79. The van der Waals surface area contributed by atoms with Crippen molar-refractivity contribution in [3.05, 3.63) is 23.8 Å². The van der Waals surface area contributed by atoms with Crippen LogP contribution in [0.1, 0.15) is 12.5 Å². The number of ether oxygens (including phenoxy) is 2. The summed E-state index contributed by atoms with van der Waals surface area (Å²) in [4.78, 5) is 11.3. The van der Waals surface area contributed by atoms with Gasteiger partial charge in [-0.05, 0) is 31.0 Å². The Morgan fingerprint density at radius 3 is 2.83 bits per heavy atom. The molecular formula is C13H16ClNO3. The van der Waals surface area contributed by atoms with Crippen LogP contribution in [-0.2, 0) is 11.2 Å². The summed E-state index contributed by atoms with van der Waals surface area (Å²) in [6.07, 6.45) is 0.742. The number of hydrogen-bond donors (Lipinski definition) is 1. The first-order valence-electron chi connectivity index (χ1n) is 5.97. The Kier molecular flexibility index (Phi) is 4.31. The maximum Gasteiger partial charge on any atom is 0.237 e. The van der Waals surface area contributed by atoms with E-state index in [1.165, 1.54) is 0 Å². The number of amides is 1. The number of fused-ring (bicyclic) bond motifs is 1. The van der Waals surface area contributed by atoms with Crippen LogP contribution in [0.4, 0.5) is 0 Å². The molecule has 1 heterocycles. The van der Waals surface area contributed by atoms with Crippen LogP contribution in [0, 0.1) is 0 Å². The minimum Gasteiger partial charge on any atom is -0.486 e. The zero-order valence-corrected chi connectivity index (χ0v) is 11.0. The molecule has 0 radical (unpaired) electrons. The summed E-state index contributed by atoms with van der Waals surface area (Å²) in [5, 5.41) is 2.27. The number of halogens is 1. The monoisotopic (exact) mass is 269 g/mol. The van der Waals surface area contributed by atoms with Gasteiger partial charge in [-0.25, -0.2) is 0 Å². The summed E-state index contributed by atoms with van der Waals surface area (Å²) in [7, 11) is 0. The lowest BCUT2D eigenvalue weighted by Gasteiger charge is -2.18. The van der Waals surface area contributed by atoms with Gasteiger partial charge in [0.15, 0.2) is 11.5 Å². The first-order valence-corrected chi connectivity index (χ1v) is 6.41. The molecule has 98 valence electrons. The molecule has 0 aliphatic carbocycles. The zero-order valence-electron chi connectivity index (χ0n) is 10.2. The summed E-state index contributed by atoms with van der Waals surface area (Å²) in [6.45, 7) is 3.39. The summed E-state index contributed by atoms with van der Waals surface area (Å²) >= 11 is 5.66. The highest BCUT2D eigenvalue weighted by Gasteiger charge is 2.12. The minimum absolute atomic E-state index is 0.144. The first-order chi connectivity index (χ1) is 8.66. The Bertz CT molecular complexity index is 434. The van der Waals surface area contributed by atoms with Crippen molar-refractivity contribution >= 4 is 17.5 Å². The Hall–Kier alpha value is -1.42. The van der Waals surface area contributed by atoms with Gasteiger partial charge in [-0.2, -0.15) is 0 Å². The Balaban J connectivity index is 1.88. The van der Waals surface area contributed by atoms with Gasteiger partial charge in [0.25, 0.3) is 0 Å². The van der Waals surface area contributed by atoms with E-state index < -0.39 is 5.38 Å². The normalized spacial score (nSPS) is 15.0. The Morgan fingerprint density at radius 2 is 2.11 bits per heavy atom. The summed E-state index contributed by atoms with van der Waals surface area (Å²) in [5.74, 6) is 1.41. The highest BCUT2D eigenvalue weighted by Crippen LogP contribution is 2.30. The molecule has 0 unspecified atom stereocenters. The van der Waals surface area contributed by atoms with E-state index in [9.17, 15) is 4.79 Å². The standard InChI is InChI=1S/C13H16ClNO3/c1-9(14)13(16)15-5-4-10-2-3-11-12(8-10)18-7-6-17-11/h2-3,8-9H,4-7H2,1H3,(H,15,16)/t9-/m1/s1. The number of alkyl halides is 1. The van der Waals surface area contributed by atoms with Crippen LogP contribution in [0.5, 0.6) is 11.5 Å². The zero-order chi connectivity index (χ0) is 13.0.